The maximum Gasteiger partial charge on any atom is 0.135 e. The van der Waals surface area contributed by atoms with Crippen molar-refractivity contribution in [1.82, 2.24) is 13.7 Å². The van der Waals surface area contributed by atoms with Gasteiger partial charge in [-0.1, -0.05) is 130 Å². The highest BCUT2D eigenvalue weighted by molar-refractivity contribution is 6.12. The Bertz CT molecular complexity index is 3690. The van der Waals surface area contributed by atoms with E-state index in [2.05, 4.69) is 218 Å². The van der Waals surface area contributed by atoms with E-state index in [1.165, 1.54) is 76.5 Å². The number of hydrogen-bond donors (Lipinski definition) is 0. The van der Waals surface area contributed by atoms with Crippen molar-refractivity contribution in [3.05, 3.63) is 187 Å². The molecule has 12 rings (SSSR count). The van der Waals surface area contributed by atoms with Crippen LogP contribution in [-0.4, -0.2) is 13.7 Å². The monoisotopic (exact) mass is 803 g/mol. The molecule has 8 aromatic carbocycles. The zero-order valence-corrected chi connectivity index (χ0v) is 36.0. The van der Waals surface area contributed by atoms with Gasteiger partial charge in [0, 0.05) is 70.8 Å². The van der Waals surface area contributed by atoms with Crippen LogP contribution in [-0.2, 0) is 11.1 Å². The summed E-state index contributed by atoms with van der Waals surface area (Å²) < 4.78 is 13.9. The van der Waals surface area contributed by atoms with Gasteiger partial charge in [0.05, 0.1) is 22.1 Å². The topological polar surface area (TPSA) is 27.9 Å². The van der Waals surface area contributed by atoms with Gasteiger partial charge >= 0.3 is 0 Å². The molecule has 2 unspecified atom stereocenters. The number of para-hydroxylation sites is 5. The molecule has 4 heterocycles. The number of rotatable bonds is 8. The second kappa shape index (κ2) is 13.5. The Hall–Kier alpha value is -7.04. The molecule has 0 saturated carbocycles. The minimum Gasteiger partial charge on any atom is -0.456 e. The second-order valence-corrected chi connectivity index (χ2v) is 17.9. The van der Waals surface area contributed by atoms with E-state index in [0.29, 0.717) is 5.92 Å². The number of hydrogen-bond acceptors (Lipinski definition) is 1. The Balaban J connectivity index is 1.06. The molecule has 0 bridgehead atoms. The third-order valence-electron chi connectivity index (χ3n) is 15.0. The zero-order valence-electron chi connectivity index (χ0n) is 36.0. The molecule has 4 aromatic heterocycles. The van der Waals surface area contributed by atoms with E-state index in [1.807, 2.05) is 6.07 Å². The minimum absolute atomic E-state index is 0.308. The second-order valence-electron chi connectivity index (χ2n) is 17.9. The molecule has 0 radical (unpaired) electrons. The van der Waals surface area contributed by atoms with Gasteiger partial charge in [-0.3, -0.25) is 0 Å². The maximum atomic E-state index is 6.24. The normalized spacial score (nSPS) is 14.9. The van der Waals surface area contributed by atoms with Crippen LogP contribution in [0.25, 0.3) is 93.0 Å². The van der Waals surface area contributed by atoms with Gasteiger partial charge in [0.2, 0.25) is 0 Å². The van der Waals surface area contributed by atoms with Crippen LogP contribution in [0.4, 0.5) is 0 Å². The molecule has 0 aliphatic heterocycles. The van der Waals surface area contributed by atoms with Gasteiger partial charge in [-0.05, 0) is 110 Å². The molecule has 0 saturated heterocycles. The van der Waals surface area contributed by atoms with Crippen LogP contribution in [0, 0.1) is 5.92 Å². The number of nitrogens with zero attached hydrogens (tertiary/aromatic N) is 3. The summed E-state index contributed by atoms with van der Waals surface area (Å²) in [5.41, 5.74) is 12.4. The molecule has 4 nitrogen and oxygen atoms in total. The quantitative estimate of drug-likeness (QED) is 0.150. The lowest BCUT2D eigenvalue weighted by molar-refractivity contribution is 0.270. The average Bonchev–Trinajstić information content (AvgIpc) is 4.07. The van der Waals surface area contributed by atoms with Gasteiger partial charge in [-0.2, -0.15) is 0 Å². The fourth-order valence-corrected chi connectivity index (χ4v) is 11.2. The fourth-order valence-electron chi connectivity index (χ4n) is 11.2. The molecule has 3 atom stereocenters. The van der Waals surface area contributed by atoms with E-state index >= 15 is 0 Å². The Morgan fingerprint density at radius 1 is 0.435 bits per heavy atom. The smallest absolute Gasteiger partial charge is 0.135 e. The maximum absolute atomic E-state index is 6.24. The van der Waals surface area contributed by atoms with Crippen molar-refractivity contribution in [3.63, 3.8) is 0 Å². The van der Waals surface area contributed by atoms with Crippen LogP contribution in [0.5, 0.6) is 0 Å². The lowest BCUT2D eigenvalue weighted by atomic mass is 9.78. The average molecular weight is 804 g/mol. The van der Waals surface area contributed by atoms with E-state index in [0.717, 1.165) is 40.5 Å². The largest absolute Gasteiger partial charge is 0.456 e. The molecule has 62 heavy (non-hydrogen) atoms. The summed E-state index contributed by atoms with van der Waals surface area (Å²) in [5.74, 6) is 0.364. The Morgan fingerprint density at radius 3 is 1.56 bits per heavy atom. The van der Waals surface area contributed by atoms with Crippen molar-refractivity contribution in [3.8, 4) is 5.69 Å². The fraction of sp³-hybridized carbons (Fsp3) is 0.172. The van der Waals surface area contributed by atoms with E-state index in [-0.39, 0.29) is 11.1 Å². The summed E-state index contributed by atoms with van der Waals surface area (Å²) in [5, 5.41) is 9.98. The van der Waals surface area contributed by atoms with Crippen LogP contribution < -0.4 is 0 Å². The van der Waals surface area contributed by atoms with Gasteiger partial charge in [-0.15, -0.1) is 0 Å². The predicted molar refractivity (Wildman–Crippen MR) is 262 cm³/mol. The van der Waals surface area contributed by atoms with E-state index < -0.39 is 0 Å². The van der Waals surface area contributed by atoms with Crippen LogP contribution in [0.2, 0.25) is 0 Å². The molecule has 12 aromatic rings. The van der Waals surface area contributed by atoms with Crippen LogP contribution in [0.15, 0.2) is 180 Å². The summed E-state index contributed by atoms with van der Waals surface area (Å²) in [7, 11) is 0. The SMILES string of the molecule is CCC(C)C(C)(c1ccc2c(c1)c1ccccc1n2[C@@](C)(CC)c1ccc2c(c1)c1ccccc1n2-c1ccc2oc3ccccc3c2c1)n1c2ccccc2c2ccccc21. The van der Waals surface area contributed by atoms with Crippen molar-refractivity contribution < 1.29 is 4.42 Å². The van der Waals surface area contributed by atoms with E-state index in [1.54, 1.807) is 0 Å². The van der Waals surface area contributed by atoms with Crippen molar-refractivity contribution in [2.45, 2.75) is 58.5 Å². The molecule has 0 amide bonds. The van der Waals surface area contributed by atoms with Gasteiger partial charge < -0.3 is 18.1 Å². The first kappa shape index (κ1) is 36.8. The lowest BCUT2D eigenvalue weighted by Gasteiger charge is -2.39. The molecule has 0 N–H and O–H groups in total. The number of benzene rings is 8. The number of aromatic nitrogens is 3. The van der Waals surface area contributed by atoms with Crippen molar-refractivity contribution in [2.24, 2.45) is 5.92 Å². The number of furan rings is 1. The van der Waals surface area contributed by atoms with Crippen molar-refractivity contribution in [2.75, 3.05) is 0 Å². The minimum atomic E-state index is -0.346. The molecule has 0 fully saturated rings. The van der Waals surface area contributed by atoms with E-state index in [9.17, 15) is 0 Å². The first-order valence-corrected chi connectivity index (χ1v) is 22.3. The summed E-state index contributed by atoms with van der Waals surface area (Å²) in [6, 6.07) is 65.3. The van der Waals surface area contributed by atoms with E-state index in [4.69, 9.17) is 4.42 Å². The Labute approximate surface area is 361 Å². The summed E-state index contributed by atoms with van der Waals surface area (Å²) >= 11 is 0. The van der Waals surface area contributed by atoms with Gasteiger partial charge in [0.25, 0.3) is 0 Å². The summed E-state index contributed by atoms with van der Waals surface area (Å²) in [6.07, 6.45) is 1.97. The summed E-state index contributed by atoms with van der Waals surface area (Å²) in [4.78, 5) is 0. The highest BCUT2D eigenvalue weighted by Crippen LogP contribution is 2.47. The van der Waals surface area contributed by atoms with Crippen LogP contribution in [0.1, 0.15) is 58.6 Å². The van der Waals surface area contributed by atoms with Crippen molar-refractivity contribution >= 4 is 87.4 Å². The first-order chi connectivity index (χ1) is 30.3. The first-order valence-electron chi connectivity index (χ1n) is 22.3. The summed E-state index contributed by atoms with van der Waals surface area (Å²) in [6.45, 7) is 12.0. The van der Waals surface area contributed by atoms with Crippen LogP contribution >= 0.6 is 0 Å². The van der Waals surface area contributed by atoms with Gasteiger partial charge in [-0.25, -0.2) is 0 Å². The van der Waals surface area contributed by atoms with Crippen LogP contribution in [0.3, 0.4) is 0 Å². The highest BCUT2D eigenvalue weighted by Gasteiger charge is 2.38. The predicted octanol–water partition coefficient (Wildman–Crippen LogP) is 15.9. The van der Waals surface area contributed by atoms with Crippen molar-refractivity contribution in [1.29, 1.82) is 0 Å². The lowest BCUT2D eigenvalue weighted by Crippen LogP contribution is -2.38. The molecular weight excluding hydrogens is 755 g/mol. The van der Waals surface area contributed by atoms with Gasteiger partial charge in [0.15, 0.2) is 0 Å². The third kappa shape index (κ3) is 4.95. The Morgan fingerprint density at radius 2 is 0.903 bits per heavy atom. The Kier molecular flexibility index (Phi) is 8.00. The standard InChI is InChI=1S/C58H49N3O/c1-6-37(3)58(5,61-52-25-15-9-18-41(52)42-19-10-16-26-53(42)61)39-29-32-54-47(35-39)44-21-11-14-24-51(44)60(54)57(4,7-2)38-28-31-50-46(34-38)43-20-8-13-23-49(43)59(50)40-30-33-56-48(36-40)45-22-12-17-27-55(45)62-56/h8-37H,6-7H2,1-5H3/t37?,57-,58?/m0/s1. The third-order valence-corrected chi connectivity index (χ3v) is 15.0. The van der Waals surface area contributed by atoms with Gasteiger partial charge in [0.1, 0.15) is 11.2 Å². The molecule has 0 aliphatic carbocycles. The molecule has 4 heteroatoms. The molecule has 302 valence electrons. The highest BCUT2D eigenvalue weighted by atomic mass is 16.3. The molecular formula is C58H49N3O. The molecule has 0 aliphatic rings. The zero-order chi connectivity index (χ0) is 41.9. The number of fused-ring (bicyclic) bond motifs is 12. The molecule has 0 spiro atoms.